The Hall–Kier alpha value is -1.83. The number of halogens is 2. The van der Waals surface area contributed by atoms with Gasteiger partial charge in [0.1, 0.15) is 6.61 Å². The van der Waals surface area contributed by atoms with Crippen LogP contribution in [0.15, 0.2) is 6.07 Å². The van der Waals surface area contributed by atoms with Crippen LogP contribution in [-0.4, -0.2) is 20.1 Å². The zero-order valence-corrected chi connectivity index (χ0v) is 7.22. The summed E-state index contributed by atoms with van der Waals surface area (Å²) in [5, 5.41) is 28.0. The van der Waals surface area contributed by atoms with Crippen LogP contribution in [0.4, 0.5) is 14.6 Å². The minimum absolute atomic E-state index is 0.296. The number of nitrogens with zero attached hydrogens (tertiary/aromatic N) is 2. The molecule has 0 spiro atoms. The van der Waals surface area contributed by atoms with Crippen LogP contribution in [0.5, 0.6) is 5.75 Å². The highest BCUT2D eigenvalue weighted by molar-refractivity contribution is 5.47. The lowest BCUT2D eigenvalue weighted by molar-refractivity contribution is -0.390. The number of hydrogen-bond acceptors (Lipinski definition) is 5. The predicted octanol–water partition coefficient (Wildman–Crippen LogP) is 1.13. The van der Waals surface area contributed by atoms with Crippen LogP contribution in [0.1, 0.15) is 17.7 Å². The van der Waals surface area contributed by atoms with Gasteiger partial charge >= 0.3 is 5.82 Å². The van der Waals surface area contributed by atoms with Crippen molar-refractivity contribution in [3.05, 3.63) is 27.4 Å². The summed E-state index contributed by atoms with van der Waals surface area (Å²) < 4.78 is 24.6. The lowest BCUT2D eigenvalue weighted by Gasteiger charge is -2.03. The molecular weight excluding hydrogens is 214 g/mol. The molecule has 0 atom stereocenters. The summed E-state index contributed by atoms with van der Waals surface area (Å²) in [7, 11) is 0. The van der Waals surface area contributed by atoms with E-state index in [-0.39, 0.29) is 5.69 Å². The number of nitro groups is 1. The first-order valence-corrected chi connectivity index (χ1v) is 3.73. The molecule has 8 heteroatoms. The summed E-state index contributed by atoms with van der Waals surface area (Å²) in [6, 6.07) is 0.715. The van der Waals surface area contributed by atoms with Crippen molar-refractivity contribution >= 4 is 5.82 Å². The first-order chi connectivity index (χ1) is 6.97. The molecule has 1 rings (SSSR count). The van der Waals surface area contributed by atoms with E-state index >= 15 is 0 Å². The molecule has 0 saturated heterocycles. The maximum atomic E-state index is 12.3. The number of alkyl halides is 2. The standard InChI is InChI=1S/C7H6F2N2O4/c8-6(9)4-1-3(2-12)10-7(5(4)13)11(14)15/h1,6,12-13H,2H2. The van der Waals surface area contributed by atoms with Gasteiger partial charge in [-0.15, -0.1) is 0 Å². The van der Waals surface area contributed by atoms with E-state index in [0.717, 1.165) is 0 Å². The van der Waals surface area contributed by atoms with Crippen LogP contribution in [0, 0.1) is 10.1 Å². The Bertz CT molecular complexity index is 397. The number of aliphatic hydroxyl groups is 1. The number of hydrogen-bond donors (Lipinski definition) is 2. The Labute approximate surface area is 82.0 Å². The SMILES string of the molecule is O=[N+]([O-])c1nc(CO)cc(C(F)F)c1O. The van der Waals surface area contributed by atoms with Gasteiger partial charge in [-0.25, -0.2) is 8.78 Å². The number of aromatic hydroxyl groups is 1. The van der Waals surface area contributed by atoms with Crippen molar-refractivity contribution in [3.8, 4) is 5.75 Å². The fourth-order valence-corrected chi connectivity index (χ4v) is 0.973. The monoisotopic (exact) mass is 220 g/mol. The molecule has 0 amide bonds. The fraction of sp³-hybridized carbons (Fsp3) is 0.286. The van der Waals surface area contributed by atoms with Crippen LogP contribution in [0.2, 0.25) is 0 Å². The van der Waals surface area contributed by atoms with Crippen LogP contribution in [0.3, 0.4) is 0 Å². The minimum Gasteiger partial charge on any atom is -0.501 e. The second kappa shape index (κ2) is 4.13. The van der Waals surface area contributed by atoms with E-state index in [2.05, 4.69) is 4.98 Å². The molecular formula is C7H6F2N2O4. The molecule has 0 aromatic carbocycles. The van der Waals surface area contributed by atoms with Crippen molar-refractivity contribution < 1.29 is 23.9 Å². The Morgan fingerprint density at radius 2 is 2.20 bits per heavy atom. The van der Waals surface area contributed by atoms with Crippen molar-refractivity contribution in [2.75, 3.05) is 0 Å². The van der Waals surface area contributed by atoms with E-state index in [1.54, 1.807) is 0 Å². The second-order valence-electron chi connectivity index (χ2n) is 2.59. The molecule has 0 aliphatic rings. The van der Waals surface area contributed by atoms with E-state index in [1.807, 2.05) is 0 Å². The highest BCUT2D eigenvalue weighted by Gasteiger charge is 2.26. The molecule has 6 nitrogen and oxygen atoms in total. The van der Waals surface area contributed by atoms with Gasteiger partial charge in [0.2, 0.25) is 5.75 Å². The Kier molecular flexibility index (Phi) is 3.10. The molecule has 0 saturated carbocycles. The highest BCUT2D eigenvalue weighted by atomic mass is 19.3. The van der Waals surface area contributed by atoms with Crippen molar-refractivity contribution in [1.29, 1.82) is 0 Å². The van der Waals surface area contributed by atoms with E-state index < -0.39 is 35.1 Å². The molecule has 0 fully saturated rings. The van der Waals surface area contributed by atoms with E-state index in [9.17, 15) is 18.9 Å². The Balaban J connectivity index is 3.40. The van der Waals surface area contributed by atoms with Gasteiger partial charge in [0.25, 0.3) is 6.43 Å². The summed E-state index contributed by atoms with van der Waals surface area (Å²) in [6.45, 7) is -0.721. The smallest absolute Gasteiger partial charge is 0.406 e. The van der Waals surface area contributed by atoms with Crippen LogP contribution < -0.4 is 0 Å². The molecule has 15 heavy (non-hydrogen) atoms. The van der Waals surface area contributed by atoms with Crippen LogP contribution in [-0.2, 0) is 6.61 Å². The molecule has 0 aliphatic heterocycles. The van der Waals surface area contributed by atoms with Crippen LogP contribution in [0.25, 0.3) is 0 Å². The summed E-state index contributed by atoms with van der Waals surface area (Å²) in [5.41, 5.74) is -1.21. The highest BCUT2D eigenvalue weighted by Crippen LogP contribution is 2.34. The van der Waals surface area contributed by atoms with Crippen molar-refractivity contribution in [2.24, 2.45) is 0 Å². The number of aromatic nitrogens is 1. The third-order valence-corrected chi connectivity index (χ3v) is 1.63. The zero-order chi connectivity index (χ0) is 11.6. The van der Waals surface area contributed by atoms with E-state index in [4.69, 9.17) is 10.2 Å². The van der Waals surface area contributed by atoms with E-state index in [1.165, 1.54) is 0 Å². The van der Waals surface area contributed by atoms with Gasteiger partial charge in [0.15, 0.2) is 5.69 Å². The third kappa shape index (κ3) is 2.15. The van der Waals surface area contributed by atoms with Gasteiger partial charge in [-0.3, -0.25) is 0 Å². The average Bonchev–Trinajstić information content (AvgIpc) is 2.17. The molecule has 0 aliphatic carbocycles. The summed E-state index contributed by atoms with van der Waals surface area (Å²) in [5.74, 6) is -2.26. The van der Waals surface area contributed by atoms with Crippen LogP contribution >= 0.6 is 0 Å². The van der Waals surface area contributed by atoms with Gasteiger partial charge in [0.05, 0.1) is 5.56 Å². The van der Waals surface area contributed by atoms with Gasteiger partial charge < -0.3 is 20.3 Å². The first kappa shape index (κ1) is 11.2. The van der Waals surface area contributed by atoms with Gasteiger partial charge in [-0.2, -0.15) is 0 Å². The normalized spacial score (nSPS) is 10.7. The van der Waals surface area contributed by atoms with Gasteiger partial charge in [-0.1, -0.05) is 0 Å². The quantitative estimate of drug-likeness (QED) is 0.587. The predicted molar refractivity (Wildman–Crippen MR) is 43.4 cm³/mol. The van der Waals surface area contributed by atoms with Crippen molar-refractivity contribution in [2.45, 2.75) is 13.0 Å². The minimum atomic E-state index is -3.07. The third-order valence-electron chi connectivity index (χ3n) is 1.63. The molecule has 1 aromatic heterocycles. The van der Waals surface area contributed by atoms with E-state index in [0.29, 0.717) is 6.07 Å². The summed E-state index contributed by atoms with van der Waals surface area (Å²) in [4.78, 5) is 12.4. The maximum Gasteiger partial charge on any atom is 0.406 e. The fourth-order valence-electron chi connectivity index (χ4n) is 0.973. The number of pyridine rings is 1. The number of rotatable bonds is 3. The zero-order valence-electron chi connectivity index (χ0n) is 7.22. The molecule has 1 aromatic rings. The first-order valence-electron chi connectivity index (χ1n) is 3.73. The molecule has 1 heterocycles. The second-order valence-corrected chi connectivity index (χ2v) is 2.59. The topological polar surface area (TPSA) is 96.5 Å². The van der Waals surface area contributed by atoms with Crippen molar-refractivity contribution in [3.63, 3.8) is 0 Å². The van der Waals surface area contributed by atoms with Gasteiger partial charge in [0, 0.05) is 6.07 Å². The Morgan fingerprint density at radius 3 is 2.60 bits per heavy atom. The van der Waals surface area contributed by atoms with Crippen molar-refractivity contribution in [1.82, 2.24) is 4.98 Å². The number of aliphatic hydroxyl groups excluding tert-OH is 1. The lowest BCUT2D eigenvalue weighted by atomic mass is 10.2. The molecule has 0 radical (unpaired) electrons. The largest absolute Gasteiger partial charge is 0.501 e. The van der Waals surface area contributed by atoms with Gasteiger partial charge in [-0.05, 0) is 9.91 Å². The Morgan fingerprint density at radius 1 is 1.60 bits per heavy atom. The molecule has 2 N–H and O–H groups in total. The average molecular weight is 220 g/mol. The summed E-state index contributed by atoms with van der Waals surface area (Å²) in [6.07, 6.45) is -3.07. The molecule has 0 bridgehead atoms. The molecule has 82 valence electrons. The molecule has 0 unspecified atom stereocenters. The summed E-state index contributed by atoms with van der Waals surface area (Å²) >= 11 is 0. The maximum absolute atomic E-state index is 12.3. The lowest BCUT2D eigenvalue weighted by Crippen LogP contribution is -2.01.